The first-order valence-electron chi connectivity index (χ1n) is 5.34. The van der Waals surface area contributed by atoms with E-state index in [0.717, 1.165) is 23.8 Å². The van der Waals surface area contributed by atoms with Crippen LogP contribution in [0, 0.1) is 9.49 Å². The summed E-state index contributed by atoms with van der Waals surface area (Å²) in [7, 11) is 0. The maximum atomic E-state index is 5.80. The summed E-state index contributed by atoms with van der Waals surface area (Å²) in [5.74, 6) is 1.80. The first-order chi connectivity index (χ1) is 7.29. The second-order valence-corrected chi connectivity index (χ2v) is 5.16. The Hall–Kier alpha value is -0.510. The van der Waals surface area contributed by atoms with E-state index in [2.05, 4.69) is 35.2 Å². The standard InChI is InChI=1S/C13H15IO/c1-2-10-6-7-13(12(14)8-10)15-9-11-4-3-5-11/h2,6-8,11H,1,3-5,9H2. The molecule has 1 saturated carbocycles. The molecular weight excluding hydrogens is 299 g/mol. The number of ether oxygens (including phenoxy) is 1. The lowest BCUT2D eigenvalue weighted by molar-refractivity contribution is 0.179. The molecule has 2 heteroatoms. The second kappa shape index (κ2) is 5.01. The van der Waals surface area contributed by atoms with Crippen LogP contribution in [-0.2, 0) is 0 Å². The van der Waals surface area contributed by atoms with Crippen molar-refractivity contribution in [3.8, 4) is 5.75 Å². The monoisotopic (exact) mass is 314 g/mol. The fourth-order valence-electron chi connectivity index (χ4n) is 1.63. The SMILES string of the molecule is C=Cc1ccc(OCC2CCC2)c(I)c1. The smallest absolute Gasteiger partial charge is 0.132 e. The van der Waals surface area contributed by atoms with Gasteiger partial charge in [0.15, 0.2) is 0 Å². The lowest BCUT2D eigenvalue weighted by Gasteiger charge is -2.25. The third-order valence-electron chi connectivity index (χ3n) is 2.89. The summed E-state index contributed by atoms with van der Waals surface area (Å²) in [6.45, 7) is 4.63. The summed E-state index contributed by atoms with van der Waals surface area (Å²) in [5.41, 5.74) is 1.15. The Labute approximate surface area is 105 Å². The van der Waals surface area contributed by atoms with E-state index in [0.29, 0.717) is 0 Å². The molecule has 1 aliphatic rings. The highest BCUT2D eigenvalue weighted by molar-refractivity contribution is 14.1. The lowest BCUT2D eigenvalue weighted by atomic mass is 9.86. The van der Waals surface area contributed by atoms with Crippen molar-refractivity contribution in [1.29, 1.82) is 0 Å². The molecule has 1 nitrogen and oxygen atoms in total. The maximum Gasteiger partial charge on any atom is 0.132 e. The third-order valence-corrected chi connectivity index (χ3v) is 3.73. The normalized spacial score (nSPS) is 15.8. The first kappa shape index (κ1) is 11.0. The molecule has 0 saturated heterocycles. The predicted molar refractivity (Wildman–Crippen MR) is 72.1 cm³/mol. The molecule has 1 fully saturated rings. The highest BCUT2D eigenvalue weighted by Crippen LogP contribution is 2.29. The average molecular weight is 314 g/mol. The molecule has 0 atom stereocenters. The van der Waals surface area contributed by atoms with Crippen LogP contribution in [-0.4, -0.2) is 6.61 Å². The maximum absolute atomic E-state index is 5.80. The zero-order chi connectivity index (χ0) is 10.7. The Balaban J connectivity index is 1.97. The van der Waals surface area contributed by atoms with Crippen LogP contribution in [0.2, 0.25) is 0 Å². The van der Waals surface area contributed by atoms with Gasteiger partial charge in [-0.1, -0.05) is 25.1 Å². The summed E-state index contributed by atoms with van der Waals surface area (Å²) in [6, 6.07) is 6.19. The molecule has 80 valence electrons. The van der Waals surface area contributed by atoms with E-state index in [1.54, 1.807) is 0 Å². The molecular formula is C13H15IO. The van der Waals surface area contributed by atoms with Gasteiger partial charge in [-0.3, -0.25) is 0 Å². The topological polar surface area (TPSA) is 9.23 Å². The Kier molecular flexibility index (Phi) is 3.67. The van der Waals surface area contributed by atoms with E-state index in [1.807, 2.05) is 18.2 Å². The minimum Gasteiger partial charge on any atom is -0.492 e. The zero-order valence-electron chi connectivity index (χ0n) is 8.71. The van der Waals surface area contributed by atoms with Crippen molar-refractivity contribution in [2.45, 2.75) is 19.3 Å². The molecule has 0 N–H and O–H groups in total. The molecule has 0 aromatic heterocycles. The molecule has 0 aliphatic heterocycles. The van der Waals surface area contributed by atoms with Gasteiger partial charge >= 0.3 is 0 Å². The van der Waals surface area contributed by atoms with Crippen molar-refractivity contribution in [1.82, 2.24) is 0 Å². The van der Waals surface area contributed by atoms with E-state index in [1.165, 1.54) is 22.8 Å². The van der Waals surface area contributed by atoms with Gasteiger partial charge in [-0.15, -0.1) is 0 Å². The van der Waals surface area contributed by atoms with Crippen LogP contribution in [0.15, 0.2) is 24.8 Å². The zero-order valence-corrected chi connectivity index (χ0v) is 10.9. The largest absolute Gasteiger partial charge is 0.492 e. The van der Waals surface area contributed by atoms with Gasteiger partial charge in [0, 0.05) is 0 Å². The first-order valence-corrected chi connectivity index (χ1v) is 6.42. The molecule has 0 unspecified atom stereocenters. The number of hydrogen-bond acceptors (Lipinski definition) is 1. The van der Waals surface area contributed by atoms with E-state index >= 15 is 0 Å². The van der Waals surface area contributed by atoms with Gasteiger partial charge in [0.1, 0.15) is 5.75 Å². The van der Waals surface area contributed by atoms with Crippen molar-refractivity contribution in [2.75, 3.05) is 6.61 Å². The summed E-state index contributed by atoms with van der Waals surface area (Å²) in [4.78, 5) is 0. The van der Waals surface area contributed by atoms with Crippen LogP contribution < -0.4 is 4.74 Å². The fraction of sp³-hybridized carbons (Fsp3) is 0.385. The number of benzene rings is 1. The van der Waals surface area contributed by atoms with E-state index in [-0.39, 0.29) is 0 Å². The molecule has 1 aromatic carbocycles. The van der Waals surface area contributed by atoms with Gasteiger partial charge in [-0.05, 0) is 59.0 Å². The molecule has 0 spiro atoms. The van der Waals surface area contributed by atoms with Gasteiger partial charge in [-0.25, -0.2) is 0 Å². The van der Waals surface area contributed by atoms with E-state index < -0.39 is 0 Å². The summed E-state index contributed by atoms with van der Waals surface area (Å²) >= 11 is 2.31. The van der Waals surface area contributed by atoms with Crippen molar-refractivity contribution in [3.05, 3.63) is 33.9 Å². The molecule has 0 bridgehead atoms. The highest BCUT2D eigenvalue weighted by Gasteiger charge is 2.18. The van der Waals surface area contributed by atoms with Crippen LogP contribution in [0.5, 0.6) is 5.75 Å². The van der Waals surface area contributed by atoms with Gasteiger partial charge in [-0.2, -0.15) is 0 Å². The summed E-state index contributed by atoms with van der Waals surface area (Å²) in [5, 5.41) is 0. The van der Waals surface area contributed by atoms with Gasteiger partial charge in [0.25, 0.3) is 0 Å². The van der Waals surface area contributed by atoms with Crippen LogP contribution >= 0.6 is 22.6 Å². The number of hydrogen-bond donors (Lipinski definition) is 0. The minimum atomic E-state index is 0.792. The van der Waals surface area contributed by atoms with Crippen molar-refractivity contribution in [2.24, 2.45) is 5.92 Å². The van der Waals surface area contributed by atoms with Gasteiger partial charge < -0.3 is 4.74 Å². The minimum absolute atomic E-state index is 0.792. The molecule has 0 radical (unpaired) electrons. The number of rotatable bonds is 4. The molecule has 0 heterocycles. The number of halogens is 1. The van der Waals surface area contributed by atoms with Crippen LogP contribution in [0.4, 0.5) is 0 Å². The fourth-order valence-corrected chi connectivity index (χ4v) is 2.32. The predicted octanol–water partition coefficient (Wildman–Crippen LogP) is 4.11. The van der Waals surface area contributed by atoms with E-state index in [9.17, 15) is 0 Å². The van der Waals surface area contributed by atoms with Crippen LogP contribution in [0.3, 0.4) is 0 Å². The van der Waals surface area contributed by atoms with Gasteiger partial charge in [0.05, 0.1) is 10.2 Å². The van der Waals surface area contributed by atoms with Crippen molar-refractivity contribution in [3.63, 3.8) is 0 Å². The van der Waals surface area contributed by atoms with Crippen molar-refractivity contribution >= 4 is 28.7 Å². The van der Waals surface area contributed by atoms with Crippen LogP contribution in [0.1, 0.15) is 24.8 Å². The molecule has 0 amide bonds. The Bertz CT molecular complexity index is 356. The van der Waals surface area contributed by atoms with Gasteiger partial charge in [0.2, 0.25) is 0 Å². The molecule has 1 aliphatic carbocycles. The Morgan fingerprint density at radius 1 is 1.47 bits per heavy atom. The average Bonchev–Trinajstić information content (AvgIpc) is 2.18. The highest BCUT2D eigenvalue weighted by atomic mass is 127. The quantitative estimate of drug-likeness (QED) is 0.760. The van der Waals surface area contributed by atoms with Crippen LogP contribution in [0.25, 0.3) is 6.08 Å². The molecule has 1 aromatic rings. The Morgan fingerprint density at radius 3 is 2.80 bits per heavy atom. The molecule has 15 heavy (non-hydrogen) atoms. The molecule has 2 rings (SSSR count). The lowest BCUT2D eigenvalue weighted by Crippen LogP contribution is -2.19. The van der Waals surface area contributed by atoms with Crippen molar-refractivity contribution < 1.29 is 4.74 Å². The Morgan fingerprint density at radius 2 is 2.27 bits per heavy atom. The third kappa shape index (κ3) is 2.74. The summed E-state index contributed by atoms with van der Waals surface area (Å²) < 4.78 is 6.97. The second-order valence-electron chi connectivity index (χ2n) is 4.00. The summed E-state index contributed by atoms with van der Waals surface area (Å²) in [6.07, 6.45) is 5.90. The van der Waals surface area contributed by atoms with E-state index in [4.69, 9.17) is 4.74 Å².